The maximum absolute atomic E-state index is 12.3. The van der Waals surface area contributed by atoms with Gasteiger partial charge in [-0.05, 0) is 18.2 Å². The molecule has 1 aromatic rings. The third kappa shape index (κ3) is 2.82. The van der Waals surface area contributed by atoms with Gasteiger partial charge in [0, 0.05) is 11.8 Å². The number of nitrogens with zero attached hydrogens (tertiary/aromatic N) is 1. The van der Waals surface area contributed by atoms with E-state index in [0.29, 0.717) is 11.3 Å². The fourth-order valence-electron chi connectivity index (χ4n) is 1.17. The summed E-state index contributed by atoms with van der Waals surface area (Å²) in [6.45, 7) is 6.94. The molecule has 1 nitrogen and oxygen atoms in total. The van der Waals surface area contributed by atoms with Crippen molar-refractivity contribution >= 4 is 5.71 Å². The van der Waals surface area contributed by atoms with Gasteiger partial charge in [-0.15, -0.1) is 0 Å². The Hall–Kier alpha value is -1.84. The molecule has 0 aliphatic rings. The van der Waals surface area contributed by atoms with Crippen molar-refractivity contribution in [3.05, 3.63) is 60.8 Å². The monoisotopic (exact) mass is 225 g/mol. The van der Waals surface area contributed by atoms with Crippen LogP contribution in [-0.2, 0) is 6.18 Å². The summed E-state index contributed by atoms with van der Waals surface area (Å²) in [5.74, 6) is 0. The van der Waals surface area contributed by atoms with E-state index in [1.165, 1.54) is 24.4 Å². The molecule has 0 bridgehead atoms. The summed E-state index contributed by atoms with van der Waals surface area (Å²) < 4.78 is 36.9. The van der Waals surface area contributed by atoms with Crippen molar-refractivity contribution in [1.29, 1.82) is 0 Å². The molecule has 0 amide bonds. The second-order valence-corrected chi connectivity index (χ2v) is 2.98. The molecule has 0 N–H and O–H groups in total. The molecule has 0 fully saturated rings. The summed E-state index contributed by atoms with van der Waals surface area (Å²) in [6.07, 6.45) is -1.54. The van der Waals surface area contributed by atoms with E-state index in [0.717, 1.165) is 12.1 Å². The third-order valence-corrected chi connectivity index (χ3v) is 1.93. The first-order valence-electron chi connectivity index (χ1n) is 4.48. The Morgan fingerprint density at radius 1 is 1.12 bits per heavy atom. The van der Waals surface area contributed by atoms with E-state index < -0.39 is 11.7 Å². The second kappa shape index (κ2) is 4.79. The molecule has 0 heterocycles. The van der Waals surface area contributed by atoms with E-state index in [2.05, 4.69) is 18.2 Å². The number of hydrogen-bond donors (Lipinski definition) is 0. The lowest BCUT2D eigenvalue weighted by Gasteiger charge is -2.07. The van der Waals surface area contributed by atoms with Gasteiger partial charge in [-0.1, -0.05) is 25.3 Å². The molecule has 0 saturated heterocycles. The topological polar surface area (TPSA) is 12.4 Å². The van der Waals surface area contributed by atoms with Crippen molar-refractivity contribution in [2.75, 3.05) is 0 Å². The Balaban J connectivity index is 3.08. The molecular formula is C12H10F3N. The highest BCUT2D eigenvalue weighted by atomic mass is 19.4. The first kappa shape index (κ1) is 12.2. The highest BCUT2D eigenvalue weighted by molar-refractivity contribution is 6.08. The lowest BCUT2D eigenvalue weighted by molar-refractivity contribution is -0.137. The molecular weight excluding hydrogens is 215 g/mol. The van der Waals surface area contributed by atoms with Gasteiger partial charge in [-0.2, -0.15) is 13.2 Å². The Labute approximate surface area is 91.6 Å². The van der Waals surface area contributed by atoms with Crippen molar-refractivity contribution in [3.8, 4) is 0 Å². The zero-order valence-corrected chi connectivity index (χ0v) is 8.46. The molecule has 1 aromatic carbocycles. The van der Waals surface area contributed by atoms with E-state index in [1.54, 1.807) is 0 Å². The van der Waals surface area contributed by atoms with Gasteiger partial charge in [-0.3, -0.25) is 4.99 Å². The van der Waals surface area contributed by atoms with Crippen molar-refractivity contribution < 1.29 is 13.2 Å². The van der Waals surface area contributed by atoms with Gasteiger partial charge in [0.1, 0.15) is 0 Å². The van der Waals surface area contributed by atoms with Crippen LogP contribution in [0, 0.1) is 0 Å². The average molecular weight is 225 g/mol. The van der Waals surface area contributed by atoms with Gasteiger partial charge >= 0.3 is 6.18 Å². The van der Waals surface area contributed by atoms with Crippen LogP contribution in [0.1, 0.15) is 11.1 Å². The molecule has 0 aliphatic carbocycles. The van der Waals surface area contributed by atoms with E-state index >= 15 is 0 Å². The number of aliphatic imine (C=N–C) groups is 1. The van der Waals surface area contributed by atoms with Gasteiger partial charge in [0.25, 0.3) is 0 Å². The molecule has 0 radical (unpaired) electrons. The Kier molecular flexibility index (Phi) is 3.66. The van der Waals surface area contributed by atoms with E-state index in [4.69, 9.17) is 0 Å². The Bertz CT molecular complexity index is 413. The number of allylic oxidation sites excluding steroid dienone is 1. The number of benzene rings is 1. The van der Waals surface area contributed by atoms with E-state index in [9.17, 15) is 13.2 Å². The van der Waals surface area contributed by atoms with Crippen LogP contribution in [0.2, 0.25) is 0 Å². The molecule has 84 valence electrons. The first-order chi connectivity index (χ1) is 7.49. The minimum Gasteiger partial charge on any atom is -0.257 e. The average Bonchev–Trinajstić information content (AvgIpc) is 2.25. The maximum Gasteiger partial charge on any atom is 0.416 e. The number of hydrogen-bond acceptors (Lipinski definition) is 1. The van der Waals surface area contributed by atoms with Gasteiger partial charge < -0.3 is 0 Å². The van der Waals surface area contributed by atoms with Crippen LogP contribution in [-0.4, -0.2) is 5.71 Å². The van der Waals surface area contributed by atoms with Crippen molar-refractivity contribution in [3.63, 3.8) is 0 Å². The first-order valence-corrected chi connectivity index (χ1v) is 4.48. The molecule has 1 rings (SSSR count). The Morgan fingerprint density at radius 3 is 2.06 bits per heavy atom. The maximum atomic E-state index is 12.3. The number of rotatable bonds is 3. The van der Waals surface area contributed by atoms with Crippen LogP contribution in [0.3, 0.4) is 0 Å². The van der Waals surface area contributed by atoms with Crippen LogP contribution in [0.15, 0.2) is 54.7 Å². The van der Waals surface area contributed by atoms with Crippen LogP contribution < -0.4 is 0 Å². The quantitative estimate of drug-likeness (QED) is 0.693. The predicted octanol–water partition coefficient (Wildman–Crippen LogP) is 3.82. The zero-order valence-electron chi connectivity index (χ0n) is 8.46. The van der Waals surface area contributed by atoms with Gasteiger partial charge in [0.05, 0.1) is 11.3 Å². The van der Waals surface area contributed by atoms with Crippen LogP contribution >= 0.6 is 0 Å². The third-order valence-electron chi connectivity index (χ3n) is 1.93. The van der Waals surface area contributed by atoms with Crippen LogP contribution in [0.5, 0.6) is 0 Å². The summed E-state index contributed by atoms with van der Waals surface area (Å²) >= 11 is 0. The van der Waals surface area contributed by atoms with Crippen molar-refractivity contribution in [2.45, 2.75) is 6.18 Å². The molecule has 0 saturated carbocycles. The van der Waals surface area contributed by atoms with Crippen molar-refractivity contribution in [2.24, 2.45) is 4.99 Å². The molecule has 0 aliphatic heterocycles. The molecule has 0 aromatic heterocycles. The fraction of sp³-hybridized carbons (Fsp3) is 0.0833. The molecule has 0 spiro atoms. The summed E-state index contributed by atoms with van der Waals surface area (Å²) in [6, 6.07) is 4.73. The Morgan fingerprint density at radius 2 is 1.69 bits per heavy atom. The second-order valence-electron chi connectivity index (χ2n) is 2.98. The molecule has 4 heteroatoms. The summed E-state index contributed by atoms with van der Waals surface area (Å²) in [5.41, 5.74) is 0.380. The number of alkyl halides is 3. The minimum atomic E-state index is -4.32. The zero-order chi connectivity index (χ0) is 12.2. The molecule has 16 heavy (non-hydrogen) atoms. The van der Waals surface area contributed by atoms with Gasteiger partial charge in [0.2, 0.25) is 0 Å². The van der Waals surface area contributed by atoms with E-state index in [1.807, 2.05) is 0 Å². The molecule has 0 atom stereocenters. The predicted molar refractivity (Wildman–Crippen MR) is 58.4 cm³/mol. The van der Waals surface area contributed by atoms with E-state index in [-0.39, 0.29) is 0 Å². The lowest BCUT2D eigenvalue weighted by atomic mass is 10.1. The standard InChI is InChI=1S/C12H10F3N/c1-3-11(16-4-2)9-5-7-10(8-6-9)12(13,14)15/h3-8H,1-2H2. The highest BCUT2D eigenvalue weighted by Crippen LogP contribution is 2.29. The highest BCUT2D eigenvalue weighted by Gasteiger charge is 2.29. The fourth-order valence-corrected chi connectivity index (χ4v) is 1.17. The van der Waals surface area contributed by atoms with Crippen molar-refractivity contribution in [1.82, 2.24) is 0 Å². The van der Waals surface area contributed by atoms with Gasteiger partial charge in [-0.25, -0.2) is 0 Å². The van der Waals surface area contributed by atoms with Crippen LogP contribution in [0.4, 0.5) is 13.2 Å². The summed E-state index contributed by atoms with van der Waals surface area (Å²) in [5, 5.41) is 0. The molecule has 0 unspecified atom stereocenters. The lowest BCUT2D eigenvalue weighted by Crippen LogP contribution is -2.05. The number of halogens is 3. The smallest absolute Gasteiger partial charge is 0.257 e. The SMILES string of the molecule is C=CN=C(C=C)c1ccc(C(F)(F)F)cc1. The largest absolute Gasteiger partial charge is 0.416 e. The van der Waals surface area contributed by atoms with Gasteiger partial charge in [0.15, 0.2) is 0 Å². The summed E-state index contributed by atoms with van der Waals surface area (Å²) in [4.78, 5) is 3.89. The summed E-state index contributed by atoms with van der Waals surface area (Å²) in [7, 11) is 0. The van der Waals surface area contributed by atoms with Crippen LogP contribution in [0.25, 0.3) is 0 Å². The normalized spacial score (nSPS) is 12.3. The minimum absolute atomic E-state index is 0.490.